The van der Waals surface area contributed by atoms with E-state index in [0.29, 0.717) is 17.0 Å². The van der Waals surface area contributed by atoms with Gasteiger partial charge in [0.25, 0.3) is 5.91 Å². The summed E-state index contributed by atoms with van der Waals surface area (Å²) in [5.41, 5.74) is 5.49. The van der Waals surface area contributed by atoms with Gasteiger partial charge in [-0.15, -0.1) is 11.3 Å². The number of thiophene rings is 1. The molecule has 1 heterocycles. The third-order valence-electron chi connectivity index (χ3n) is 3.50. The van der Waals surface area contributed by atoms with E-state index in [-0.39, 0.29) is 17.9 Å². The molecule has 0 radical (unpaired) electrons. The van der Waals surface area contributed by atoms with E-state index in [9.17, 15) is 14.7 Å². The number of hydrogen-bond acceptors (Lipinski definition) is 4. The molecule has 0 aromatic carbocycles. The van der Waals surface area contributed by atoms with Crippen molar-refractivity contribution < 1.29 is 14.7 Å². The van der Waals surface area contributed by atoms with Crippen LogP contribution in [0.3, 0.4) is 0 Å². The van der Waals surface area contributed by atoms with E-state index in [4.69, 9.17) is 5.73 Å². The van der Waals surface area contributed by atoms with E-state index in [1.54, 1.807) is 5.38 Å². The van der Waals surface area contributed by atoms with Crippen molar-refractivity contribution >= 4 is 23.2 Å². The van der Waals surface area contributed by atoms with Gasteiger partial charge in [0.2, 0.25) is 5.91 Å². The van der Waals surface area contributed by atoms with Crippen molar-refractivity contribution in [2.24, 2.45) is 11.7 Å². The van der Waals surface area contributed by atoms with Gasteiger partial charge in [-0.1, -0.05) is 12.8 Å². The Kier molecular flexibility index (Phi) is 4.55. The first-order valence-corrected chi connectivity index (χ1v) is 7.30. The molecule has 0 aliphatic heterocycles. The molecule has 1 saturated carbocycles. The molecule has 0 unspecified atom stereocenters. The van der Waals surface area contributed by atoms with Crippen LogP contribution in [0.4, 0.5) is 0 Å². The third kappa shape index (κ3) is 3.54. The van der Waals surface area contributed by atoms with E-state index < -0.39 is 5.91 Å². The normalized spacial score (nSPS) is 23.0. The number of hydrogen-bond donors (Lipinski definition) is 3. The molecular weight excluding hydrogens is 264 g/mol. The Morgan fingerprint density at radius 1 is 1.42 bits per heavy atom. The molecule has 104 valence electrons. The summed E-state index contributed by atoms with van der Waals surface area (Å²) in [4.78, 5) is 23.3. The summed E-state index contributed by atoms with van der Waals surface area (Å²) in [6.45, 7) is 0.476. The lowest BCUT2D eigenvalue weighted by molar-refractivity contribution is 0.0664. The number of carbonyl (C=O) groups is 2. The van der Waals surface area contributed by atoms with Crippen molar-refractivity contribution in [3.8, 4) is 0 Å². The van der Waals surface area contributed by atoms with Gasteiger partial charge in [0.1, 0.15) is 0 Å². The smallest absolute Gasteiger partial charge is 0.261 e. The fourth-order valence-electron chi connectivity index (χ4n) is 2.32. The van der Waals surface area contributed by atoms with Crippen molar-refractivity contribution in [3.05, 3.63) is 21.9 Å². The highest BCUT2D eigenvalue weighted by Gasteiger charge is 2.23. The Balaban J connectivity index is 1.88. The van der Waals surface area contributed by atoms with E-state index in [1.165, 1.54) is 17.4 Å². The van der Waals surface area contributed by atoms with Crippen molar-refractivity contribution in [2.75, 3.05) is 6.54 Å². The zero-order chi connectivity index (χ0) is 13.8. The van der Waals surface area contributed by atoms with Gasteiger partial charge in [0.05, 0.1) is 16.5 Å². The lowest BCUT2D eigenvalue weighted by atomic mass is 9.86. The van der Waals surface area contributed by atoms with Gasteiger partial charge in [0, 0.05) is 17.8 Å². The lowest BCUT2D eigenvalue weighted by Gasteiger charge is -2.27. The van der Waals surface area contributed by atoms with Crippen LogP contribution in [0.5, 0.6) is 0 Å². The fourth-order valence-corrected chi connectivity index (χ4v) is 3.13. The zero-order valence-electron chi connectivity index (χ0n) is 10.6. The topological polar surface area (TPSA) is 92.4 Å². The summed E-state index contributed by atoms with van der Waals surface area (Å²) >= 11 is 1.20. The van der Waals surface area contributed by atoms with Crippen molar-refractivity contribution in [2.45, 2.75) is 31.8 Å². The predicted octanol–water partition coefficient (Wildman–Crippen LogP) is 1.13. The molecule has 2 rings (SSSR count). The van der Waals surface area contributed by atoms with Gasteiger partial charge in [0.15, 0.2) is 0 Å². The molecule has 0 bridgehead atoms. The SMILES string of the molecule is NC(=O)c1csc(C(=O)NC[C@H]2CCCC[C@@H]2O)c1. The van der Waals surface area contributed by atoms with E-state index in [1.807, 2.05) is 0 Å². The lowest BCUT2D eigenvalue weighted by Crippen LogP contribution is -2.36. The van der Waals surface area contributed by atoms with E-state index in [0.717, 1.165) is 25.7 Å². The zero-order valence-corrected chi connectivity index (χ0v) is 11.4. The fraction of sp³-hybridized carbons (Fsp3) is 0.538. The Hall–Kier alpha value is -1.40. The van der Waals surface area contributed by atoms with Gasteiger partial charge in [-0.3, -0.25) is 9.59 Å². The summed E-state index contributed by atoms with van der Waals surface area (Å²) in [5.74, 6) is -0.610. The first kappa shape index (κ1) is 14.0. The second-order valence-corrected chi connectivity index (χ2v) is 5.80. The van der Waals surface area contributed by atoms with Gasteiger partial charge < -0.3 is 16.2 Å². The number of aliphatic hydroxyl groups excluding tert-OH is 1. The number of carbonyl (C=O) groups excluding carboxylic acids is 2. The highest BCUT2D eigenvalue weighted by molar-refractivity contribution is 7.12. The van der Waals surface area contributed by atoms with Gasteiger partial charge in [-0.05, 0) is 18.9 Å². The number of rotatable bonds is 4. The van der Waals surface area contributed by atoms with Gasteiger partial charge in [-0.25, -0.2) is 0 Å². The molecule has 19 heavy (non-hydrogen) atoms. The molecule has 4 N–H and O–H groups in total. The van der Waals surface area contributed by atoms with Gasteiger partial charge >= 0.3 is 0 Å². The number of amides is 2. The minimum absolute atomic E-state index is 0.133. The van der Waals surface area contributed by atoms with Crippen LogP contribution in [0.2, 0.25) is 0 Å². The molecular formula is C13H18N2O3S. The summed E-state index contributed by atoms with van der Waals surface area (Å²) in [6, 6.07) is 1.50. The van der Waals surface area contributed by atoms with Crippen LogP contribution in [0.1, 0.15) is 45.7 Å². The Labute approximate surface area is 115 Å². The first-order chi connectivity index (χ1) is 9.08. The average molecular weight is 282 g/mol. The molecule has 1 fully saturated rings. The summed E-state index contributed by atoms with van der Waals surface area (Å²) in [7, 11) is 0. The molecule has 0 saturated heterocycles. The van der Waals surface area contributed by atoms with Crippen molar-refractivity contribution in [3.63, 3.8) is 0 Å². The minimum Gasteiger partial charge on any atom is -0.393 e. The first-order valence-electron chi connectivity index (χ1n) is 6.42. The maximum atomic E-state index is 11.9. The Bertz CT molecular complexity index is 472. The third-order valence-corrected chi connectivity index (χ3v) is 4.43. The molecule has 1 aromatic heterocycles. The molecule has 1 aliphatic rings. The molecule has 6 heteroatoms. The molecule has 0 spiro atoms. The van der Waals surface area contributed by atoms with Crippen molar-refractivity contribution in [1.82, 2.24) is 5.32 Å². The van der Waals surface area contributed by atoms with Crippen LogP contribution in [-0.2, 0) is 0 Å². The largest absolute Gasteiger partial charge is 0.393 e. The van der Waals surface area contributed by atoms with Crippen LogP contribution in [0.15, 0.2) is 11.4 Å². The Morgan fingerprint density at radius 2 is 2.16 bits per heavy atom. The maximum Gasteiger partial charge on any atom is 0.261 e. The summed E-state index contributed by atoms with van der Waals surface area (Å²) in [6.07, 6.45) is 3.59. The second-order valence-electron chi connectivity index (χ2n) is 4.89. The summed E-state index contributed by atoms with van der Waals surface area (Å²) < 4.78 is 0. The Morgan fingerprint density at radius 3 is 2.79 bits per heavy atom. The van der Waals surface area contributed by atoms with Crippen LogP contribution in [-0.4, -0.2) is 29.6 Å². The maximum absolute atomic E-state index is 11.9. The second kappa shape index (κ2) is 6.16. The van der Waals surface area contributed by atoms with Crippen molar-refractivity contribution in [1.29, 1.82) is 0 Å². The highest BCUT2D eigenvalue weighted by Crippen LogP contribution is 2.23. The number of nitrogens with two attached hydrogens (primary N) is 1. The molecule has 2 atom stereocenters. The van der Waals surface area contributed by atoms with E-state index >= 15 is 0 Å². The summed E-state index contributed by atoms with van der Waals surface area (Å²) in [5, 5.41) is 14.2. The monoisotopic (exact) mass is 282 g/mol. The van der Waals surface area contributed by atoms with Crippen LogP contribution >= 0.6 is 11.3 Å². The molecule has 1 aliphatic carbocycles. The quantitative estimate of drug-likeness (QED) is 0.773. The highest BCUT2D eigenvalue weighted by atomic mass is 32.1. The molecule has 1 aromatic rings. The van der Waals surface area contributed by atoms with Crippen LogP contribution in [0.25, 0.3) is 0 Å². The number of nitrogens with one attached hydrogen (secondary N) is 1. The average Bonchev–Trinajstić information content (AvgIpc) is 2.87. The number of primary amides is 1. The van der Waals surface area contributed by atoms with Gasteiger partial charge in [-0.2, -0.15) is 0 Å². The van der Waals surface area contributed by atoms with Crippen LogP contribution < -0.4 is 11.1 Å². The minimum atomic E-state index is -0.530. The standard InChI is InChI=1S/C13H18N2O3S/c14-12(17)9-5-11(19-7-9)13(18)15-6-8-3-1-2-4-10(8)16/h5,7-8,10,16H,1-4,6H2,(H2,14,17)(H,15,18)/t8-,10+/m1/s1. The predicted molar refractivity (Wildman–Crippen MR) is 73.1 cm³/mol. The molecule has 5 nitrogen and oxygen atoms in total. The number of aliphatic hydroxyl groups is 1. The molecule has 2 amide bonds. The van der Waals surface area contributed by atoms with Crippen LogP contribution in [0, 0.1) is 5.92 Å². The van der Waals surface area contributed by atoms with E-state index in [2.05, 4.69) is 5.32 Å².